The van der Waals surface area contributed by atoms with Crippen LogP contribution < -0.4 is 5.32 Å². The molecule has 0 saturated heterocycles. The van der Waals surface area contributed by atoms with E-state index in [4.69, 9.17) is 5.11 Å². The van der Waals surface area contributed by atoms with Crippen LogP contribution >= 0.6 is 11.8 Å². The second-order valence-corrected chi connectivity index (χ2v) is 5.14. The number of phenolic OH excluding ortho intramolecular Hbond substituents is 1. The molecule has 0 aliphatic carbocycles. The minimum Gasteiger partial charge on any atom is -0.508 e. The van der Waals surface area contributed by atoms with Gasteiger partial charge in [0.1, 0.15) is 11.6 Å². The van der Waals surface area contributed by atoms with Crippen molar-refractivity contribution in [2.45, 2.75) is 12.5 Å². The Morgan fingerprint density at radius 1 is 1.56 bits per heavy atom. The third-order valence-corrected chi connectivity index (χ3v) is 3.19. The molecule has 4 nitrogen and oxygen atoms in total. The summed E-state index contributed by atoms with van der Waals surface area (Å²) >= 11 is 1.45. The molecular weight excluding hydrogens is 257 g/mol. The van der Waals surface area contributed by atoms with Crippen molar-refractivity contribution >= 4 is 17.7 Å². The van der Waals surface area contributed by atoms with E-state index in [1.165, 1.54) is 23.9 Å². The second-order valence-electron chi connectivity index (χ2n) is 4.28. The van der Waals surface area contributed by atoms with Crippen molar-refractivity contribution in [3.8, 4) is 5.75 Å². The molecule has 1 unspecified atom stereocenters. The number of aromatic hydroxyl groups is 1. The quantitative estimate of drug-likeness (QED) is 0.758. The van der Waals surface area contributed by atoms with Gasteiger partial charge in [-0.3, -0.25) is 4.79 Å². The summed E-state index contributed by atoms with van der Waals surface area (Å²) in [4.78, 5) is 11.7. The fourth-order valence-electron chi connectivity index (χ4n) is 1.42. The fourth-order valence-corrected chi connectivity index (χ4v) is 2.14. The molecule has 3 N–H and O–H groups in total. The van der Waals surface area contributed by atoms with Crippen LogP contribution in [0.3, 0.4) is 0 Å². The maximum absolute atomic E-state index is 13.4. The zero-order valence-electron chi connectivity index (χ0n) is 10.2. The lowest BCUT2D eigenvalue weighted by Gasteiger charge is -2.22. The molecule has 0 aliphatic rings. The van der Waals surface area contributed by atoms with Crippen LogP contribution in [0.5, 0.6) is 5.75 Å². The molecule has 0 bridgehead atoms. The zero-order valence-corrected chi connectivity index (χ0v) is 11.1. The van der Waals surface area contributed by atoms with Crippen LogP contribution in [0.25, 0.3) is 0 Å². The summed E-state index contributed by atoms with van der Waals surface area (Å²) < 4.78 is 13.4. The van der Waals surface area contributed by atoms with E-state index < -0.39 is 17.3 Å². The SMILES string of the molecule is CSCC(C)(O)CNC(=O)c1ccc(O)cc1F. The van der Waals surface area contributed by atoms with Gasteiger partial charge in [-0.1, -0.05) is 0 Å². The third-order valence-electron chi connectivity index (χ3n) is 2.28. The number of carbonyl (C=O) groups excluding carboxylic acids is 1. The number of thioether (sulfide) groups is 1. The fraction of sp³-hybridized carbons (Fsp3) is 0.417. The van der Waals surface area contributed by atoms with Crippen LogP contribution in [0, 0.1) is 5.82 Å². The monoisotopic (exact) mass is 273 g/mol. The van der Waals surface area contributed by atoms with Gasteiger partial charge in [-0.2, -0.15) is 11.8 Å². The number of halogens is 1. The Hall–Kier alpha value is -1.27. The smallest absolute Gasteiger partial charge is 0.254 e. The van der Waals surface area contributed by atoms with Crippen molar-refractivity contribution in [1.82, 2.24) is 5.32 Å². The van der Waals surface area contributed by atoms with Crippen LogP contribution in [-0.2, 0) is 0 Å². The first kappa shape index (κ1) is 14.8. The number of amides is 1. The van der Waals surface area contributed by atoms with Gasteiger partial charge in [-0.05, 0) is 25.3 Å². The molecule has 0 heterocycles. The molecule has 1 atom stereocenters. The minimum atomic E-state index is -1.04. The first-order valence-corrected chi connectivity index (χ1v) is 6.73. The highest BCUT2D eigenvalue weighted by Gasteiger charge is 2.21. The Morgan fingerprint density at radius 3 is 2.78 bits per heavy atom. The number of aliphatic hydroxyl groups is 1. The molecule has 18 heavy (non-hydrogen) atoms. The zero-order chi connectivity index (χ0) is 13.8. The van der Waals surface area contributed by atoms with Gasteiger partial charge in [-0.15, -0.1) is 0 Å². The Bertz CT molecular complexity index is 437. The Balaban J connectivity index is 2.66. The number of nitrogens with one attached hydrogen (secondary N) is 1. The molecule has 6 heteroatoms. The number of hydrogen-bond acceptors (Lipinski definition) is 4. The predicted octanol–water partition coefficient (Wildman–Crippen LogP) is 1.38. The van der Waals surface area contributed by atoms with E-state index in [1.54, 1.807) is 6.92 Å². The summed E-state index contributed by atoms with van der Waals surface area (Å²) in [5.41, 5.74) is -1.20. The van der Waals surface area contributed by atoms with Crippen molar-refractivity contribution in [3.05, 3.63) is 29.6 Å². The molecule has 1 aromatic carbocycles. The molecule has 1 aromatic rings. The van der Waals surface area contributed by atoms with Crippen LogP contribution in [0.1, 0.15) is 17.3 Å². The maximum Gasteiger partial charge on any atom is 0.254 e. The van der Waals surface area contributed by atoms with Crippen molar-refractivity contribution in [1.29, 1.82) is 0 Å². The van der Waals surface area contributed by atoms with Crippen LogP contribution in [0.2, 0.25) is 0 Å². The average molecular weight is 273 g/mol. The van der Waals surface area contributed by atoms with E-state index in [0.29, 0.717) is 5.75 Å². The summed E-state index contributed by atoms with van der Waals surface area (Å²) in [5.74, 6) is -1.19. The van der Waals surface area contributed by atoms with E-state index in [0.717, 1.165) is 6.07 Å². The molecule has 0 aliphatic heterocycles. The van der Waals surface area contributed by atoms with Crippen molar-refractivity contribution < 1.29 is 19.4 Å². The molecule has 0 aromatic heterocycles. The van der Waals surface area contributed by atoms with E-state index in [-0.39, 0.29) is 17.9 Å². The highest BCUT2D eigenvalue weighted by Crippen LogP contribution is 2.15. The summed E-state index contributed by atoms with van der Waals surface area (Å²) in [5, 5.41) is 21.3. The Labute approximate surface area is 109 Å². The van der Waals surface area contributed by atoms with Gasteiger partial charge >= 0.3 is 0 Å². The number of hydrogen-bond donors (Lipinski definition) is 3. The molecule has 100 valence electrons. The van der Waals surface area contributed by atoms with Crippen LogP contribution in [0.15, 0.2) is 18.2 Å². The lowest BCUT2D eigenvalue weighted by atomic mass is 10.1. The standard InChI is InChI=1S/C12H16FNO3S/c1-12(17,7-18-2)6-14-11(16)9-4-3-8(15)5-10(9)13/h3-5,15,17H,6-7H2,1-2H3,(H,14,16). The number of rotatable bonds is 5. The number of benzene rings is 1. The van der Waals surface area contributed by atoms with Crippen molar-refractivity contribution in [2.24, 2.45) is 0 Å². The topological polar surface area (TPSA) is 69.6 Å². The van der Waals surface area contributed by atoms with E-state index in [2.05, 4.69) is 5.32 Å². The molecular formula is C12H16FNO3S. The molecule has 1 rings (SSSR count). The normalized spacial score (nSPS) is 14.0. The average Bonchev–Trinajstić information content (AvgIpc) is 2.26. The first-order chi connectivity index (χ1) is 8.35. The van der Waals surface area contributed by atoms with Gasteiger partial charge in [0, 0.05) is 18.4 Å². The van der Waals surface area contributed by atoms with Gasteiger partial charge < -0.3 is 15.5 Å². The molecule has 1 amide bonds. The summed E-state index contributed by atoms with van der Waals surface area (Å²) in [6.07, 6.45) is 1.84. The highest BCUT2D eigenvalue weighted by molar-refractivity contribution is 7.98. The van der Waals surface area contributed by atoms with E-state index in [9.17, 15) is 14.3 Å². The lowest BCUT2D eigenvalue weighted by Crippen LogP contribution is -2.42. The highest BCUT2D eigenvalue weighted by atomic mass is 32.2. The van der Waals surface area contributed by atoms with Gasteiger partial charge in [-0.25, -0.2) is 4.39 Å². The van der Waals surface area contributed by atoms with Crippen molar-refractivity contribution in [2.75, 3.05) is 18.6 Å². The summed E-state index contributed by atoms with van der Waals surface area (Å²) in [7, 11) is 0. The summed E-state index contributed by atoms with van der Waals surface area (Å²) in [6.45, 7) is 1.63. The largest absolute Gasteiger partial charge is 0.508 e. The van der Waals surface area contributed by atoms with Crippen LogP contribution in [-0.4, -0.2) is 40.3 Å². The van der Waals surface area contributed by atoms with Gasteiger partial charge in [0.15, 0.2) is 0 Å². The maximum atomic E-state index is 13.4. The Kier molecular flexibility index (Phi) is 4.98. The van der Waals surface area contributed by atoms with Gasteiger partial charge in [0.05, 0.1) is 11.2 Å². The van der Waals surface area contributed by atoms with Gasteiger partial charge in [0.25, 0.3) is 5.91 Å². The van der Waals surface area contributed by atoms with Crippen molar-refractivity contribution in [3.63, 3.8) is 0 Å². The van der Waals surface area contributed by atoms with E-state index >= 15 is 0 Å². The minimum absolute atomic E-state index is 0.0347. The molecule has 0 fully saturated rings. The van der Waals surface area contributed by atoms with Crippen LogP contribution in [0.4, 0.5) is 4.39 Å². The molecule has 0 radical (unpaired) electrons. The molecule has 0 saturated carbocycles. The second kappa shape index (κ2) is 6.06. The lowest BCUT2D eigenvalue weighted by molar-refractivity contribution is 0.0722. The van der Waals surface area contributed by atoms with E-state index in [1.807, 2.05) is 6.26 Å². The Morgan fingerprint density at radius 2 is 2.22 bits per heavy atom. The first-order valence-electron chi connectivity index (χ1n) is 5.34. The predicted molar refractivity (Wildman–Crippen MR) is 69.4 cm³/mol. The number of phenols is 1. The third kappa shape index (κ3) is 4.19. The molecule has 0 spiro atoms. The van der Waals surface area contributed by atoms with Gasteiger partial charge in [0.2, 0.25) is 0 Å². The number of carbonyl (C=O) groups is 1. The summed E-state index contributed by atoms with van der Waals surface area (Å²) in [6, 6.07) is 3.30.